The fourth-order valence-electron chi connectivity index (χ4n) is 4.93. The van der Waals surface area contributed by atoms with E-state index in [1.807, 2.05) is 0 Å². The number of hydrogen-bond donors (Lipinski definition) is 2. The maximum absolute atomic E-state index is 13.1. The zero-order chi connectivity index (χ0) is 21.3. The lowest BCUT2D eigenvalue weighted by molar-refractivity contribution is -0.133. The van der Waals surface area contributed by atoms with Crippen molar-refractivity contribution in [2.45, 2.75) is 95.3 Å². The SMILES string of the molecule is CN1C(=O)c2cc(C(=O)NC3CCCCC3)nn2C[C@@]1(C)C(=O)NC1CCCCC1. The molecule has 2 fully saturated rings. The Morgan fingerprint density at radius 3 is 2.17 bits per heavy atom. The Balaban J connectivity index is 1.49. The van der Waals surface area contributed by atoms with Crippen LogP contribution in [0.4, 0.5) is 0 Å². The first-order valence-electron chi connectivity index (χ1n) is 11.4. The second-order valence-electron chi connectivity index (χ2n) is 9.33. The molecular weight excluding hydrogens is 382 g/mol. The molecular formula is C22H33N5O3. The van der Waals surface area contributed by atoms with Crippen LogP contribution in [0.2, 0.25) is 0 Å². The average Bonchev–Trinajstić information content (AvgIpc) is 3.17. The number of aromatic nitrogens is 2. The maximum Gasteiger partial charge on any atom is 0.272 e. The largest absolute Gasteiger partial charge is 0.351 e. The number of nitrogens with zero attached hydrogens (tertiary/aromatic N) is 3. The van der Waals surface area contributed by atoms with E-state index < -0.39 is 5.54 Å². The molecule has 0 radical (unpaired) electrons. The van der Waals surface area contributed by atoms with Gasteiger partial charge in [-0.3, -0.25) is 19.1 Å². The van der Waals surface area contributed by atoms with E-state index in [4.69, 9.17) is 0 Å². The molecule has 1 aliphatic heterocycles. The number of likely N-dealkylation sites (N-methyl/N-ethyl adjacent to an activating group) is 1. The molecule has 164 valence electrons. The van der Waals surface area contributed by atoms with Crippen LogP contribution in [0.25, 0.3) is 0 Å². The lowest BCUT2D eigenvalue weighted by atomic mass is 9.92. The summed E-state index contributed by atoms with van der Waals surface area (Å²) >= 11 is 0. The molecule has 30 heavy (non-hydrogen) atoms. The molecule has 8 nitrogen and oxygen atoms in total. The first-order valence-corrected chi connectivity index (χ1v) is 11.4. The molecule has 2 aliphatic carbocycles. The van der Waals surface area contributed by atoms with Gasteiger partial charge in [-0.1, -0.05) is 38.5 Å². The van der Waals surface area contributed by atoms with Gasteiger partial charge >= 0.3 is 0 Å². The van der Waals surface area contributed by atoms with Gasteiger partial charge in [-0.25, -0.2) is 0 Å². The summed E-state index contributed by atoms with van der Waals surface area (Å²) in [5, 5.41) is 10.6. The summed E-state index contributed by atoms with van der Waals surface area (Å²) in [6.07, 6.45) is 10.9. The highest BCUT2D eigenvalue weighted by Gasteiger charge is 2.46. The molecule has 2 saturated carbocycles. The number of amides is 3. The van der Waals surface area contributed by atoms with Crippen LogP contribution >= 0.6 is 0 Å². The van der Waals surface area contributed by atoms with Crippen molar-refractivity contribution < 1.29 is 14.4 Å². The Kier molecular flexibility index (Phi) is 5.84. The van der Waals surface area contributed by atoms with Crippen LogP contribution in [-0.4, -0.2) is 57.1 Å². The molecule has 0 unspecified atom stereocenters. The highest BCUT2D eigenvalue weighted by molar-refractivity contribution is 6.01. The molecule has 4 rings (SSSR count). The van der Waals surface area contributed by atoms with E-state index in [-0.39, 0.29) is 42.0 Å². The monoisotopic (exact) mass is 415 g/mol. The Labute approximate surface area is 177 Å². The fourth-order valence-corrected chi connectivity index (χ4v) is 4.93. The maximum atomic E-state index is 13.1. The van der Waals surface area contributed by atoms with E-state index in [2.05, 4.69) is 15.7 Å². The zero-order valence-electron chi connectivity index (χ0n) is 18.1. The normalized spacial score (nSPS) is 25.7. The van der Waals surface area contributed by atoms with Gasteiger partial charge in [0.05, 0.1) is 6.54 Å². The third-order valence-corrected chi connectivity index (χ3v) is 7.10. The summed E-state index contributed by atoms with van der Waals surface area (Å²) in [5.41, 5.74) is -0.437. The first kappa shape index (κ1) is 20.9. The quantitative estimate of drug-likeness (QED) is 0.788. The number of fused-ring (bicyclic) bond motifs is 1. The topological polar surface area (TPSA) is 96.3 Å². The van der Waals surface area contributed by atoms with Gasteiger partial charge < -0.3 is 15.5 Å². The summed E-state index contributed by atoms with van der Waals surface area (Å²) in [5.74, 6) is -0.681. The van der Waals surface area contributed by atoms with Crippen molar-refractivity contribution in [1.82, 2.24) is 25.3 Å². The zero-order valence-corrected chi connectivity index (χ0v) is 18.1. The summed E-state index contributed by atoms with van der Waals surface area (Å²) in [6, 6.07) is 1.90. The summed E-state index contributed by atoms with van der Waals surface area (Å²) in [6.45, 7) is 2.01. The van der Waals surface area contributed by atoms with Crippen LogP contribution in [0.15, 0.2) is 6.07 Å². The number of carbonyl (C=O) groups is 3. The van der Waals surface area contributed by atoms with Gasteiger partial charge in [-0.2, -0.15) is 5.10 Å². The fraction of sp³-hybridized carbons (Fsp3) is 0.727. The van der Waals surface area contributed by atoms with E-state index in [0.717, 1.165) is 51.4 Å². The van der Waals surface area contributed by atoms with Crippen LogP contribution in [-0.2, 0) is 11.3 Å². The molecule has 1 aromatic heterocycles. The van der Waals surface area contributed by atoms with Crippen molar-refractivity contribution >= 4 is 17.7 Å². The van der Waals surface area contributed by atoms with E-state index in [1.54, 1.807) is 20.0 Å². The molecule has 0 aromatic carbocycles. The van der Waals surface area contributed by atoms with E-state index in [0.29, 0.717) is 5.69 Å². The lowest BCUT2D eigenvalue weighted by Gasteiger charge is -2.41. The highest BCUT2D eigenvalue weighted by Crippen LogP contribution is 2.27. The van der Waals surface area contributed by atoms with Gasteiger partial charge in [0.1, 0.15) is 11.2 Å². The van der Waals surface area contributed by atoms with Crippen LogP contribution in [0.5, 0.6) is 0 Å². The third kappa shape index (κ3) is 3.96. The molecule has 0 spiro atoms. The number of rotatable bonds is 4. The van der Waals surface area contributed by atoms with Crippen LogP contribution < -0.4 is 10.6 Å². The molecule has 8 heteroatoms. The number of carbonyl (C=O) groups excluding carboxylic acids is 3. The Bertz CT molecular complexity index is 823. The van der Waals surface area contributed by atoms with Gasteiger partial charge in [0.25, 0.3) is 11.8 Å². The standard InChI is InChI=1S/C22H33N5O3/c1-22(21(30)24-16-11-7-4-8-12-16)14-27-18(20(29)26(22)2)13-17(25-27)19(28)23-15-9-5-3-6-10-15/h13,15-16H,3-12,14H2,1-2H3,(H,23,28)(H,24,30)/t22-/m0/s1. The first-order chi connectivity index (χ1) is 14.4. The van der Waals surface area contributed by atoms with Crippen molar-refractivity contribution in [3.8, 4) is 0 Å². The highest BCUT2D eigenvalue weighted by atomic mass is 16.2. The van der Waals surface area contributed by atoms with E-state index >= 15 is 0 Å². The molecule has 1 aromatic rings. The van der Waals surface area contributed by atoms with Crippen LogP contribution in [0, 0.1) is 0 Å². The molecule has 0 bridgehead atoms. The summed E-state index contributed by atoms with van der Waals surface area (Å²) in [7, 11) is 1.65. The third-order valence-electron chi connectivity index (χ3n) is 7.10. The van der Waals surface area contributed by atoms with E-state index in [9.17, 15) is 14.4 Å². The second-order valence-corrected chi connectivity index (χ2v) is 9.33. The van der Waals surface area contributed by atoms with Crippen molar-refractivity contribution in [1.29, 1.82) is 0 Å². The van der Waals surface area contributed by atoms with Gasteiger partial charge in [0, 0.05) is 25.2 Å². The van der Waals surface area contributed by atoms with Crippen molar-refractivity contribution in [3.63, 3.8) is 0 Å². The molecule has 1 atom stereocenters. The molecule has 2 N–H and O–H groups in total. The van der Waals surface area contributed by atoms with Gasteiger partial charge in [0.2, 0.25) is 5.91 Å². The molecule has 2 heterocycles. The van der Waals surface area contributed by atoms with Crippen molar-refractivity contribution in [2.24, 2.45) is 0 Å². The molecule has 3 amide bonds. The smallest absolute Gasteiger partial charge is 0.272 e. The van der Waals surface area contributed by atoms with Gasteiger partial charge in [-0.15, -0.1) is 0 Å². The van der Waals surface area contributed by atoms with E-state index in [1.165, 1.54) is 22.4 Å². The summed E-state index contributed by atoms with van der Waals surface area (Å²) < 4.78 is 1.53. The second kappa shape index (κ2) is 8.40. The Morgan fingerprint density at radius 1 is 1.00 bits per heavy atom. The minimum Gasteiger partial charge on any atom is -0.351 e. The number of hydrogen-bond acceptors (Lipinski definition) is 4. The number of nitrogens with one attached hydrogen (secondary N) is 2. The molecule has 0 saturated heterocycles. The van der Waals surface area contributed by atoms with Crippen molar-refractivity contribution in [3.05, 3.63) is 17.5 Å². The van der Waals surface area contributed by atoms with Crippen LogP contribution in [0.1, 0.15) is 92.1 Å². The Morgan fingerprint density at radius 2 is 1.57 bits per heavy atom. The average molecular weight is 416 g/mol. The predicted octanol–water partition coefficient (Wildman–Crippen LogP) is 2.24. The minimum absolute atomic E-state index is 0.153. The predicted molar refractivity (Wildman–Crippen MR) is 112 cm³/mol. The Hall–Kier alpha value is -2.38. The lowest BCUT2D eigenvalue weighted by Crippen LogP contribution is -2.63. The molecule has 3 aliphatic rings. The summed E-state index contributed by atoms with van der Waals surface area (Å²) in [4.78, 5) is 40.3. The van der Waals surface area contributed by atoms with Gasteiger partial charge in [0.15, 0.2) is 5.69 Å². The minimum atomic E-state index is -1.04. The van der Waals surface area contributed by atoms with Crippen molar-refractivity contribution in [2.75, 3.05) is 7.05 Å². The van der Waals surface area contributed by atoms with Gasteiger partial charge in [-0.05, 0) is 32.6 Å². The van der Waals surface area contributed by atoms with Crippen LogP contribution in [0.3, 0.4) is 0 Å².